The van der Waals surface area contributed by atoms with Gasteiger partial charge in [-0.3, -0.25) is 19.2 Å². The Morgan fingerprint density at radius 2 is 1.77 bits per heavy atom. The van der Waals surface area contributed by atoms with Crippen LogP contribution in [0.3, 0.4) is 0 Å². The first-order valence-corrected chi connectivity index (χ1v) is 11.4. The number of primary amides is 1. The van der Waals surface area contributed by atoms with E-state index in [-0.39, 0.29) is 25.8 Å². The predicted octanol–water partition coefficient (Wildman–Crippen LogP) is -1.75. The minimum absolute atomic E-state index is 0.0639. The number of nitrogens with one attached hydrogen (secondary N) is 2. The fourth-order valence-corrected chi connectivity index (χ4v) is 3.84. The Kier molecular flexibility index (Phi) is 10.2. The van der Waals surface area contributed by atoms with Crippen molar-refractivity contribution in [2.45, 2.75) is 69.3 Å². The van der Waals surface area contributed by atoms with Gasteiger partial charge in [-0.25, -0.2) is 4.79 Å². The third-order valence-electron chi connectivity index (χ3n) is 5.85. The first kappa shape index (κ1) is 27.7. The van der Waals surface area contributed by atoms with Crippen LogP contribution in [0.1, 0.15) is 38.2 Å². The van der Waals surface area contributed by atoms with Crippen molar-refractivity contribution in [2.24, 2.45) is 11.5 Å². The zero-order valence-electron chi connectivity index (χ0n) is 19.6. The SMILES string of the molecule is CC(O)C(N)C(=O)N1CCCC1C(=O)NC(Cc1ccccc1)C(=O)NC(CCC(N)=O)C(=O)O. The van der Waals surface area contributed by atoms with Crippen molar-refractivity contribution in [3.8, 4) is 0 Å². The molecular formula is C23H33N5O7. The van der Waals surface area contributed by atoms with Crippen molar-refractivity contribution >= 4 is 29.6 Å². The standard InChI is InChI=1S/C23H33N5O7/c1-13(29)19(25)22(33)28-11-5-8-17(28)21(32)27-16(12-14-6-3-2-4-7-14)20(31)26-15(23(34)35)9-10-18(24)30/h2-4,6-7,13,15-17,19,29H,5,8-12,25H2,1H3,(H2,24,30)(H,26,31)(H,27,32)(H,34,35). The smallest absolute Gasteiger partial charge is 0.326 e. The van der Waals surface area contributed by atoms with Crippen molar-refractivity contribution in [1.29, 1.82) is 0 Å². The molecule has 0 radical (unpaired) electrons. The van der Waals surface area contributed by atoms with Gasteiger partial charge in [0.05, 0.1) is 6.10 Å². The third kappa shape index (κ3) is 8.04. The van der Waals surface area contributed by atoms with Crippen LogP contribution in [0.25, 0.3) is 0 Å². The number of aliphatic carboxylic acids is 1. The lowest BCUT2D eigenvalue weighted by molar-refractivity contribution is -0.143. The van der Waals surface area contributed by atoms with Crippen LogP contribution in [-0.4, -0.2) is 81.5 Å². The largest absolute Gasteiger partial charge is 0.480 e. The van der Waals surface area contributed by atoms with Gasteiger partial charge in [0.25, 0.3) is 0 Å². The second-order valence-corrected chi connectivity index (χ2v) is 8.61. The minimum Gasteiger partial charge on any atom is -0.480 e. The Morgan fingerprint density at radius 3 is 2.34 bits per heavy atom. The summed E-state index contributed by atoms with van der Waals surface area (Å²) >= 11 is 0. The number of carbonyl (C=O) groups excluding carboxylic acids is 4. The van der Waals surface area contributed by atoms with E-state index >= 15 is 0 Å². The van der Waals surface area contributed by atoms with E-state index < -0.39 is 59.9 Å². The summed E-state index contributed by atoms with van der Waals surface area (Å²) in [4.78, 5) is 62.7. The molecule has 1 fully saturated rings. The third-order valence-corrected chi connectivity index (χ3v) is 5.85. The Labute approximate surface area is 203 Å². The molecule has 0 saturated carbocycles. The molecule has 0 spiro atoms. The van der Waals surface area contributed by atoms with Crippen molar-refractivity contribution in [1.82, 2.24) is 15.5 Å². The normalized spacial score (nSPS) is 18.7. The van der Waals surface area contributed by atoms with Crippen LogP contribution in [0, 0.1) is 0 Å². The monoisotopic (exact) mass is 491 g/mol. The summed E-state index contributed by atoms with van der Waals surface area (Å²) in [5.74, 6) is -3.96. The summed E-state index contributed by atoms with van der Waals surface area (Å²) < 4.78 is 0. The quantitative estimate of drug-likeness (QED) is 0.197. The van der Waals surface area contributed by atoms with Gasteiger partial charge >= 0.3 is 5.97 Å². The fourth-order valence-electron chi connectivity index (χ4n) is 3.84. The highest BCUT2D eigenvalue weighted by atomic mass is 16.4. The molecule has 2 rings (SSSR count). The first-order valence-electron chi connectivity index (χ1n) is 11.4. The molecular weight excluding hydrogens is 458 g/mol. The molecule has 12 nitrogen and oxygen atoms in total. The summed E-state index contributed by atoms with van der Waals surface area (Å²) in [6, 6.07) is 4.21. The number of amides is 4. The number of hydrogen-bond donors (Lipinski definition) is 6. The number of carboxylic acids is 1. The van der Waals surface area contributed by atoms with Gasteiger partial charge in [0.15, 0.2) is 0 Å². The van der Waals surface area contributed by atoms with Gasteiger partial charge in [-0.2, -0.15) is 0 Å². The van der Waals surface area contributed by atoms with E-state index in [0.29, 0.717) is 18.4 Å². The molecule has 4 amide bonds. The summed E-state index contributed by atoms with van der Waals surface area (Å²) in [6.07, 6.45) is -0.591. The van der Waals surface area contributed by atoms with E-state index in [9.17, 15) is 34.2 Å². The average Bonchev–Trinajstić information content (AvgIpc) is 3.30. The van der Waals surface area contributed by atoms with E-state index in [1.54, 1.807) is 30.3 Å². The first-order chi connectivity index (χ1) is 16.5. The second-order valence-electron chi connectivity index (χ2n) is 8.61. The molecule has 0 aliphatic carbocycles. The number of likely N-dealkylation sites (tertiary alicyclic amines) is 1. The Hall–Kier alpha value is -3.51. The predicted molar refractivity (Wildman–Crippen MR) is 124 cm³/mol. The molecule has 1 aromatic carbocycles. The van der Waals surface area contributed by atoms with Gasteiger partial charge < -0.3 is 37.2 Å². The highest BCUT2D eigenvalue weighted by molar-refractivity contribution is 5.94. The fraction of sp³-hybridized carbons (Fsp3) is 0.522. The lowest BCUT2D eigenvalue weighted by Crippen LogP contribution is -2.58. The number of carbonyl (C=O) groups is 5. The van der Waals surface area contributed by atoms with Crippen molar-refractivity contribution in [3.05, 3.63) is 35.9 Å². The number of rotatable bonds is 12. The molecule has 5 unspecified atom stereocenters. The number of aliphatic hydroxyl groups is 1. The highest BCUT2D eigenvalue weighted by Gasteiger charge is 2.38. The van der Waals surface area contributed by atoms with Crippen molar-refractivity contribution in [2.75, 3.05) is 6.54 Å². The molecule has 1 saturated heterocycles. The van der Waals surface area contributed by atoms with E-state index in [2.05, 4.69) is 10.6 Å². The average molecular weight is 492 g/mol. The highest BCUT2D eigenvalue weighted by Crippen LogP contribution is 2.19. The molecule has 1 heterocycles. The zero-order valence-corrected chi connectivity index (χ0v) is 19.6. The van der Waals surface area contributed by atoms with E-state index in [1.165, 1.54) is 11.8 Å². The number of carboxylic acid groups (broad SMARTS) is 1. The van der Waals surface area contributed by atoms with Crippen LogP contribution >= 0.6 is 0 Å². The van der Waals surface area contributed by atoms with Gasteiger partial charge in [0.1, 0.15) is 24.2 Å². The maximum absolute atomic E-state index is 13.1. The van der Waals surface area contributed by atoms with Crippen LogP contribution in [0.4, 0.5) is 0 Å². The molecule has 5 atom stereocenters. The van der Waals surface area contributed by atoms with Gasteiger partial charge in [-0.15, -0.1) is 0 Å². The number of hydrogen-bond acceptors (Lipinski definition) is 7. The number of nitrogens with two attached hydrogens (primary N) is 2. The van der Waals surface area contributed by atoms with Crippen LogP contribution in [0.2, 0.25) is 0 Å². The summed E-state index contributed by atoms with van der Waals surface area (Å²) in [6.45, 7) is 1.66. The molecule has 0 bridgehead atoms. The zero-order chi connectivity index (χ0) is 26.1. The minimum atomic E-state index is -1.38. The van der Waals surface area contributed by atoms with Gasteiger partial charge in [-0.05, 0) is 31.7 Å². The Morgan fingerprint density at radius 1 is 1.11 bits per heavy atom. The molecule has 192 valence electrons. The molecule has 1 aliphatic rings. The van der Waals surface area contributed by atoms with Crippen molar-refractivity contribution < 1.29 is 34.2 Å². The Balaban J connectivity index is 2.19. The van der Waals surface area contributed by atoms with Gasteiger partial charge in [0.2, 0.25) is 23.6 Å². The molecule has 35 heavy (non-hydrogen) atoms. The molecule has 8 N–H and O–H groups in total. The molecule has 1 aliphatic heterocycles. The van der Waals surface area contributed by atoms with Gasteiger partial charge in [0, 0.05) is 19.4 Å². The number of benzene rings is 1. The van der Waals surface area contributed by atoms with Gasteiger partial charge in [-0.1, -0.05) is 30.3 Å². The van der Waals surface area contributed by atoms with Crippen LogP contribution in [0.5, 0.6) is 0 Å². The van der Waals surface area contributed by atoms with E-state index in [4.69, 9.17) is 11.5 Å². The molecule has 1 aromatic rings. The van der Waals surface area contributed by atoms with E-state index in [0.717, 1.165) is 0 Å². The van der Waals surface area contributed by atoms with Crippen LogP contribution in [0.15, 0.2) is 30.3 Å². The van der Waals surface area contributed by atoms with Crippen LogP contribution in [-0.2, 0) is 30.4 Å². The lowest BCUT2D eigenvalue weighted by Gasteiger charge is -2.29. The summed E-state index contributed by atoms with van der Waals surface area (Å²) in [5, 5.41) is 24.1. The second kappa shape index (κ2) is 12.8. The summed E-state index contributed by atoms with van der Waals surface area (Å²) in [7, 11) is 0. The summed E-state index contributed by atoms with van der Waals surface area (Å²) in [5.41, 5.74) is 11.6. The maximum Gasteiger partial charge on any atom is 0.326 e. The number of nitrogens with zero attached hydrogens (tertiary/aromatic N) is 1. The van der Waals surface area contributed by atoms with E-state index in [1.807, 2.05) is 0 Å². The maximum atomic E-state index is 13.1. The lowest BCUT2D eigenvalue weighted by atomic mass is 10.0. The Bertz CT molecular complexity index is 924. The molecule has 12 heteroatoms. The van der Waals surface area contributed by atoms with Crippen LogP contribution < -0.4 is 22.1 Å². The molecule has 0 aromatic heterocycles. The number of aliphatic hydroxyl groups excluding tert-OH is 1. The topological polar surface area (TPSA) is 205 Å². The van der Waals surface area contributed by atoms with Crippen molar-refractivity contribution in [3.63, 3.8) is 0 Å².